The lowest BCUT2D eigenvalue weighted by Gasteiger charge is -2.39. The maximum absolute atomic E-state index is 15.5. The largest absolute Gasteiger partial charge is 0.339 e. The monoisotopic (exact) mass is 647 g/mol. The fourth-order valence-corrected chi connectivity index (χ4v) is 9.85. The van der Waals surface area contributed by atoms with E-state index < -0.39 is 68.3 Å². The highest BCUT2D eigenvalue weighted by atomic mass is 35.5. The highest BCUT2D eigenvalue weighted by Crippen LogP contribution is 2.82. The Kier molecular flexibility index (Phi) is 6.12. The Labute approximate surface area is 263 Å². The summed E-state index contributed by atoms with van der Waals surface area (Å²) in [6, 6.07) is 7.12. The molecule has 3 saturated carbocycles. The van der Waals surface area contributed by atoms with Gasteiger partial charge in [-0.3, -0.25) is 19.2 Å². The Hall–Kier alpha value is -2.97. The zero-order valence-corrected chi connectivity index (χ0v) is 26.0. The van der Waals surface area contributed by atoms with Crippen molar-refractivity contribution in [2.45, 2.75) is 80.3 Å². The first-order valence-corrected chi connectivity index (χ1v) is 15.7. The Bertz CT molecular complexity index is 1560. The van der Waals surface area contributed by atoms with Crippen LogP contribution >= 0.6 is 23.2 Å². The summed E-state index contributed by atoms with van der Waals surface area (Å²) < 4.78 is 26.4. The lowest BCUT2D eigenvalue weighted by atomic mass is 9.75. The zero-order valence-electron chi connectivity index (χ0n) is 24.5. The van der Waals surface area contributed by atoms with Crippen molar-refractivity contribution in [3.8, 4) is 6.07 Å². The number of carbonyl (C=O) groups is 4. The van der Waals surface area contributed by atoms with Gasteiger partial charge in [0.2, 0.25) is 17.7 Å². The van der Waals surface area contributed by atoms with E-state index in [1.165, 1.54) is 9.80 Å². The molecule has 3 aliphatic carbocycles. The number of likely N-dealkylation sites (tertiary alicyclic amines) is 2. The summed E-state index contributed by atoms with van der Waals surface area (Å²) >= 11 is 10.8. The molecule has 2 saturated heterocycles. The molecular formula is C31H33Cl2F2N5O4. The number of alkyl halides is 4. The van der Waals surface area contributed by atoms with E-state index in [2.05, 4.69) is 16.7 Å². The average molecular weight is 649 g/mol. The number of hydrogen-bond acceptors (Lipinski definition) is 5. The van der Waals surface area contributed by atoms with Crippen molar-refractivity contribution >= 4 is 52.5 Å². The molecule has 9 atom stereocenters. The van der Waals surface area contributed by atoms with Crippen LogP contribution in [0.1, 0.15) is 52.0 Å². The molecule has 3 aliphatic heterocycles. The van der Waals surface area contributed by atoms with E-state index in [4.69, 9.17) is 23.2 Å². The lowest BCUT2D eigenvalue weighted by molar-refractivity contribution is -0.151. The van der Waals surface area contributed by atoms with E-state index in [0.717, 1.165) is 0 Å². The third-order valence-electron chi connectivity index (χ3n) is 11.6. The maximum Gasteiger partial charge on any atom is 0.335 e. The molecule has 4 amide bonds. The standard InChI is InChI=1S/C31H33Cl2F2N5O4/c1-27(2,3)22(38-25(43)31(32,33)35)23(41)40-12-19-15-8-18(20(34)9-15)29(19)13-30(29,40)26(44)39-14-28(10-16(39)11-36)17-6-4-5-7-21(17)37-24(28)42/h4-7,15-16,18-20,22H,8-10,12-14H2,1-3H3,(H,37,42)(H,38,43)/t15-,16-,18+,19+,20+,22+,28-,29-,30?/m0/s1. The van der Waals surface area contributed by atoms with Gasteiger partial charge in [-0.2, -0.15) is 9.65 Å². The van der Waals surface area contributed by atoms with Gasteiger partial charge < -0.3 is 20.4 Å². The predicted molar refractivity (Wildman–Crippen MR) is 156 cm³/mol. The molecule has 2 spiro atoms. The van der Waals surface area contributed by atoms with Crippen molar-refractivity contribution in [2.24, 2.45) is 28.6 Å². The summed E-state index contributed by atoms with van der Waals surface area (Å²) in [6.07, 6.45) is 0.163. The van der Waals surface area contributed by atoms with Crippen LogP contribution < -0.4 is 10.6 Å². The summed E-state index contributed by atoms with van der Waals surface area (Å²) in [6.45, 7) is 5.15. The minimum absolute atomic E-state index is 0.0153. The molecular weight excluding hydrogens is 615 g/mol. The zero-order chi connectivity index (χ0) is 31.8. The smallest absolute Gasteiger partial charge is 0.335 e. The van der Waals surface area contributed by atoms with Crippen LogP contribution in [0.2, 0.25) is 0 Å². The Morgan fingerprint density at radius 1 is 1.18 bits per heavy atom. The van der Waals surface area contributed by atoms with Crippen LogP contribution in [-0.2, 0) is 24.6 Å². The Morgan fingerprint density at radius 2 is 1.89 bits per heavy atom. The SMILES string of the molecule is CC(C)(C)[C@H](NC(=O)C(F)(Cl)Cl)C(=O)N1C[C@@H]2[C@@H]3C[C@@H](F)[C@@H](C3)[C@@]23CC13C(=O)N1C[C@]2(C[C@H]1C#N)C(=O)Nc1ccccc12. The molecule has 1 aromatic carbocycles. The first-order chi connectivity index (χ1) is 20.5. The highest BCUT2D eigenvalue weighted by molar-refractivity contribution is 6.56. The van der Waals surface area contributed by atoms with Crippen molar-refractivity contribution in [3.05, 3.63) is 29.8 Å². The predicted octanol–water partition coefficient (Wildman–Crippen LogP) is 3.60. The minimum Gasteiger partial charge on any atom is -0.339 e. The number of carbonyl (C=O) groups excluding carboxylic acids is 4. The third kappa shape index (κ3) is 3.61. The van der Waals surface area contributed by atoms with E-state index in [0.29, 0.717) is 24.1 Å². The van der Waals surface area contributed by atoms with Crippen LogP contribution in [0.3, 0.4) is 0 Å². The average Bonchev–Trinajstić information content (AvgIpc) is 3.41. The van der Waals surface area contributed by atoms with Gasteiger partial charge in [0.25, 0.3) is 5.91 Å². The van der Waals surface area contributed by atoms with Gasteiger partial charge in [0.15, 0.2) is 0 Å². The number of nitrogens with one attached hydrogen (secondary N) is 2. The van der Waals surface area contributed by atoms with Gasteiger partial charge in [-0.1, -0.05) is 62.2 Å². The molecule has 5 fully saturated rings. The van der Waals surface area contributed by atoms with Crippen LogP contribution in [0.4, 0.5) is 14.5 Å². The van der Waals surface area contributed by atoms with Gasteiger partial charge >= 0.3 is 4.59 Å². The summed E-state index contributed by atoms with van der Waals surface area (Å²) in [7, 11) is 0. The van der Waals surface area contributed by atoms with Crippen LogP contribution in [0.5, 0.6) is 0 Å². The Morgan fingerprint density at radius 3 is 2.55 bits per heavy atom. The molecule has 1 aromatic rings. The van der Waals surface area contributed by atoms with Crippen LogP contribution in [-0.4, -0.2) is 74.9 Å². The number of amides is 4. The quantitative estimate of drug-likeness (QED) is 0.484. The normalized spacial score (nSPS) is 38.6. The third-order valence-corrected chi connectivity index (χ3v) is 11.9. The minimum atomic E-state index is -3.29. The summed E-state index contributed by atoms with van der Waals surface area (Å²) in [4.78, 5) is 58.3. The van der Waals surface area contributed by atoms with Gasteiger partial charge in [0, 0.05) is 30.6 Å². The lowest BCUT2D eigenvalue weighted by Crippen LogP contribution is -2.62. The Balaban J connectivity index is 1.29. The van der Waals surface area contributed by atoms with Gasteiger partial charge in [0.1, 0.15) is 23.8 Å². The van der Waals surface area contributed by atoms with Crippen LogP contribution in [0.15, 0.2) is 24.3 Å². The molecule has 0 radical (unpaired) electrons. The molecule has 3 heterocycles. The molecule has 2 N–H and O–H groups in total. The molecule has 1 unspecified atom stereocenters. The van der Waals surface area contributed by atoms with E-state index >= 15 is 4.39 Å². The summed E-state index contributed by atoms with van der Waals surface area (Å²) in [5.41, 5.74) is -3.03. The van der Waals surface area contributed by atoms with Crippen LogP contribution in [0.25, 0.3) is 0 Å². The van der Waals surface area contributed by atoms with Crippen LogP contribution in [0, 0.1) is 39.9 Å². The first kappa shape index (κ1) is 29.7. The van der Waals surface area contributed by atoms with Crippen molar-refractivity contribution in [1.29, 1.82) is 5.26 Å². The fourth-order valence-electron chi connectivity index (χ4n) is 9.74. The number of halogens is 4. The molecule has 6 aliphatic rings. The van der Waals surface area contributed by atoms with Gasteiger partial charge in [-0.05, 0) is 54.1 Å². The fraction of sp³-hybridized carbons (Fsp3) is 0.645. The van der Waals surface area contributed by atoms with E-state index in [-0.39, 0.29) is 43.7 Å². The molecule has 0 aromatic heterocycles. The summed E-state index contributed by atoms with van der Waals surface area (Å²) in [5.74, 6) is -3.40. The maximum atomic E-state index is 15.5. The number of piperidine rings is 1. The van der Waals surface area contributed by atoms with Gasteiger partial charge in [-0.15, -0.1) is 0 Å². The van der Waals surface area contributed by atoms with Crippen molar-refractivity contribution in [2.75, 3.05) is 18.4 Å². The number of nitriles is 1. The van der Waals surface area contributed by atoms with Crippen molar-refractivity contribution < 1.29 is 28.0 Å². The molecule has 7 rings (SSSR count). The number of benzene rings is 1. The molecule has 9 nitrogen and oxygen atoms in total. The molecule has 234 valence electrons. The highest BCUT2D eigenvalue weighted by Gasteiger charge is 2.90. The number of fused-ring (bicyclic) bond motifs is 5. The van der Waals surface area contributed by atoms with E-state index in [1.54, 1.807) is 39.0 Å². The second kappa shape index (κ2) is 9.06. The van der Waals surface area contributed by atoms with Gasteiger partial charge in [0.05, 0.1) is 11.5 Å². The van der Waals surface area contributed by atoms with E-state index in [1.807, 2.05) is 6.07 Å². The van der Waals surface area contributed by atoms with Crippen molar-refractivity contribution in [3.63, 3.8) is 0 Å². The molecule has 44 heavy (non-hydrogen) atoms. The number of para-hydroxylation sites is 1. The number of rotatable bonds is 4. The summed E-state index contributed by atoms with van der Waals surface area (Å²) in [5, 5.41) is 15.5. The van der Waals surface area contributed by atoms with E-state index in [9.17, 15) is 28.8 Å². The number of nitrogens with zero attached hydrogens (tertiary/aromatic N) is 3. The first-order valence-electron chi connectivity index (χ1n) is 15.0. The topological polar surface area (TPSA) is 123 Å². The number of anilines is 1. The van der Waals surface area contributed by atoms with Gasteiger partial charge in [-0.25, -0.2) is 4.39 Å². The molecule has 13 heteroatoms. The number of hydrogen-bond donors (Lipinski definition) is 2. The van der Waals surface area contributed by atoms with Crippen molar-refractivity contribution in [1.82, 2.24) is 15.1 Å². The molecule has 2 bridgehead atoms. The second-order valence-electron chi connectivity index (χ2n) is 14.6. The second-order valence-corrected chi connectivity index (χ2v) is 15.9.